The molecule has 2 aromatic rings. The number of aromatic nitrogens is 1. The maximum Gasteiger partial charge on any atom is 0.416 e. The van der Waals surface area contributed by atoms with Crippen LogP contribution in [-0.2, 0) is 19.3 Å². The molecule has 0 radical (unpaired) electrons. The molecule has 1 heterocycles. The van der Waals surface area contributed by atoms with Crippen molar-refractivity contribution in [2.75, 3.05) is 0 Å². The fourth-order valence-electron chi connectivity index (χ4n) is 1.96. The minimum atomic E-state index is -4.62. The van der Waals surface area contributed by atoms with Crippen molar-refractivity contribution in [1.82, 2.24) is 10.3 Å². The SMILES string of the molecule is O=C(O)NCc1cc(C(F)(F)F)cc(Cl)c1Sc1ncccc1CO. The molecular weight excluding hydrogens is 381 g/mol. The zero-order chi connectivity index (χ0) is 18.6. The van der Waals surface area contributed by atoms with E-state index in [9.17, 15) is 23.1 Å². The molecule has 0 aliphatic rings. The number of carboxylic acid groups (broad SMARTS) is 1. The van der Waals surface area contributed by atoms with Crippen LogP contribution < -0.4 is 5.32 Å². The van der Waals surface area contributed by atoms with Gasteiger partial charge < -0.3 is 15.5 Å². The highest BCUT2D eigenvalue weighted by atomic mass is 35.5. The molecule has 5 nitrogen and oxygen atoms in total. The largest absolute Gasteiger partial charge is 0.465 e. The lowest BCUT2D eigenvalue weighted by Crippen LogP contribution is -2.21. The van der Waals surface area contributed by atoms with Crippen LogP contribution in [-0.4, -0.2) is 21.3 Å². The molecule has 0 aliphatic carbocycles. The Morgan fingerprint density at radius 2 is 2.04 bits per heavy atom. The number of aliphatic hydroxyl groups is 1. The molecule has 0 atom stereocenters. The molecule has 10 heteroatoms. The van der Waals surface area contributed by atoms with Crippen molar-refractivity contribution in [3.63, 3.8) is 0 Å². The summed E-state index contributed by atoms with van der Waals surface area (Å²) in [5.41, 5.74) is -0.449. The first-order chi connectivity index (χ1) is 11.7. The summed E-state index contributed by atoms with van der Waals surface area (Å²) in [6.07, 6.45) is -4.53. The van der Waals surface area contributed by atoms with E-state index in [-0.39, 0.29) is 28.6 Å². The third-order valence-corrected chi connectivity index (χ3v) is 4.75. The van der Waals surface area contributed by atoms with E-state index in [1.54, 1.807) is 12.1 Å². The number of alkyl halides is 3. The molecule has 1 aromatic heterocycles. The number of nitrogens with zero attached hydrogens (tertiary/aromatic N) is 1. The van der Waals surface area contributed by atoms with Gasteiger partial charge in [0.1, 0.15) is 5.03 Å². The van der Waals surface area contributed by atoms with Crippen molar-refractivity contribution in [2.24, 2.45) is 0 Å². The summed E-state index contributed by atoms with van der Waals surface area (Å²) in [6.45, 7) is -0.667. The van der Waals surface area contributed by atoms with Crippen LogP contribution in [0, 0.1) is 0 Å². The Hall–Kier alpha value is -1.97. The van der Waals surface area contributed by atoms with E-state index in [2.05, 4.69) is 4.98 Å². The van der Waals surface area contributed by atoms with E-state index >= 15 is 0 Å². The smallest absolute Gasteiger partial charge is 0.416 e. The summed E-state index contributed by atoms with van der Waals surface area (Å²) >= 11 is 6.97. The Kier molecular flexibility index (Phi) is 6.15. The van der Waals surface area contributed by atoms with E-state index < -0.39 is 17.8 Å². The zero-order valence-electron chi connectivity index (χ0n) is 12.5. The van der Waals surface area contributed by atoms with Gasteiger partial charge in [0.15, 0.2) is 0 Å². The Bertz CT molecular complexity index is 787. The maximum absolute atomic E-state index is 13.0. The van der Waals surface area contributed by atoms with E-state index in [0.29, 0.717) is 10.6 Å². The van der Waals surface area contributed by atoms with Crippen molar-refractivity contribution in [3.8, 4) is 0 Å². The number of amides is 1. The lowest BCUT2D eigenvalue weighted by Gasteiger charge is -2.16. The minimum absolute atomic E-state index is 0.0572. The number of nitrogens with one attached hydrogen (secondary N) is 1. The van der Waals surface area contributed by atoms with Gasteiger partial charge in [-0.05, 0) is 23.8 Å². The van der Waals surface area contributed by atoms with Crippen LogP contribution >= 0.6 is 23.4 Å². The molecule has 25 heavy (non-hydrogen) atoms. The first-order valence-electron chi connectivity index (χ1n) is 6.81. The Balaban J connectivity index is 2.49. The molecule has 0 spiro atoms. The molecule has 1 aromatic carbocycles. The summed E-state index contributed by atoms with van der Waals surface area (Å²) in [6, 6.07) is 4.83. The number of aliphatic hydroxyl groups excluding tert-OH is 1. The molecular formula is C15H12ClF3N2O3S. The van der Waals surface area contributed by atoms with Gasteiger partial charge in [-0.25, -0.2) is 9.78 Å². The molecule has 134 valence electrons. The molecule has 0 unspecified atom stereocenters. The van der Waals surface area contributed by atoms with Crippen molar-refractivity contribution >= 4 is 29.5 Å². The standard InChI is InChI=1S/C15H12ClF3N2O3S/c16-11-5-10(15(17,18)19)4-9(6-21-14(23)24)12(11)25-13-8(7-22)2-1-3-20-13/h1-5,21-22H,6-7H2,(H,23,24). The van der Waals surface area contributed by atoms with Gasteiger partial charge in [0.25, 0.3) is 0 Å². The molecule has 3 N–H and O–H groups in total. The van der Waals surface area contributed by atoms with Crippen LogP contribution in [0.2, 0.25) is 5.02 Å². The van der Waals surface area contributed by atoms with Crippen LogP contribution in [0.25, 0.3) is 0 Å². The quantitative estimate of drug-likeness (QED) is 0.711. The van der Waals surface area contributed by atoms with E-state index in [1.807, 2.05) is 5.32 Å². The van der Waals surface area contributed by atoms with Crippen LogP contribution in [0.15, 0.2) is 40.4 Å². The molecule has 0 aliphatic heterocycles. The number of halogens is 4. The van der Waals surface area contributed by atoms with Gasteiger partial charge >= 0.3 is 12.3 Å². The van der Waals surface area contributed by atoms with E-state index in [0.717, 1.165) is 23.9 Å². The monoisotopic (exact) mass is 392 g/mol. The number of hydrogen-bond acceptors (Lipinski definition) is 4. The second kappa shape index (κ2) is 7.94. The third-order valence-electron chi connectivity index (χ3n) is 3.10. The number of pyridine rings is 1. The van der Waals surface area contributed by atoms with Crippen LogP contribution in [0.3, 0.4) is 0 Å². The predicted octanol–water partition coefficient (Wildman–Crippen LogP) is 4.16. The first-order valence-corrected chi connectivity index (χ1v) is 8.01. The highest BCUT2D eigenvalue weighted by Gasteiger charge is 2.32. The summed E-state index contributed by atoms with van der Waals surface area (Å²) in [5, 5.41) is 20.3. The number of hydrogen-bond donors (Lipinski definition) is 3. The number of carbonyl (C=O) groups is 1. The van der Waals surface area contributed by atoms with Gasteiger partial charge in [-0.2, -0.15) is 13.2 Å². The first kappa shape index (κ1) is 19.4. The normalized spacial score (nSPS) is 11.4. The van der Waals surface area contributed by atoms with Crippen LogP contribution in [0.4, 0.5) is 18.0 Å². The molecule has 0 bridgehead atoms. The van der Waals surface area contributed by atoms with Gasteiger partial charge in [0.2, 0.25) is 0 Å². The van der Waals surface area contributed by atoms with E-state index in [1.165, 1.54) is 6.20 Å². The lowest BCUT2D eigenvalue weighted by atomic mass is 10.1. The fraction of sp³-hybridized carbons (Fsp3) is 0.200. The second-order valence-corrected chi connectivity index (χ2v) is 6.24. The van der Waals surface area contributed by atoms with Gasteiger partial charge in [0, 0.05) is 23.2 Å². The minimum Gasteiger partial charge on any atom is -0.465 e. The average Bonchev–Trinajstić information content (AvgIpc) is 2.54. The second-order valence-electron chi connectivity index (χ2n) is 4.83. The van der Waals surface area contributed by atoms with Crippen molar-refractivity contribution in [3.05, 3.63) is 52.2 Å². The summed E-state index contributed by atoms with van der Waals surface area (Å²) in [5.74, 6) is 0. The fourth-order valence-corrected chi connectivity index (χ4v) is 3.31. The Morgan fingerprint density at radius 3 is 2.64 bits per heavy atom. The zero-order valence-corrected chi connectivity index (χ0v) is 14.0. The summed E-state index contributed by atoms with van der Waals surface area (Å²) in [7, 11) is 0. The van der Waals surface area contributed by atoms with Crippen molar-refractivity contribution in [1.29, 1.82) is 0 Å². The highest BCUT2D eigenvalue weighted by Crippen LogP contribution is 2.40. The van der Waals surface area contributed by atoms with E-state index in [4.69, 9.17) is 16.7 Å². The number of benzene rings is 1. The molecule has 2 rings (SSSR count). The van der Waals surface area contributed by atoms with Gasteiger partial charge in [-0.15, -0.1) is 0 Å². The topological polar surface area (TPSA) is 82.5 Å². The average molecular weight is 393 g/mol. The molecule has 1 amide bonds. The predicted molar refractivity (Wildman–Crippen MR) is 85.6 cm³/mol. The maximum atomic E-state index is 13.0. The summed E-state index contributed by atoms with van der Waals surface area (Å²) in [4.78, 5) is 15.0. The van der Waals surface area contributed by atoms with Crippen molar-refractivity contribution in [2.45, 2.75) is 29.2 Å². The van der Waals surface area contributed by atoms with Gasteiger partial charge in [0.05, 0.1) is 17.2 Å². The lowest BCUT2D eigenvalue weighted by molar-refractivity contribution is -0.137. The third kappa shape index (κ3) is 5.00. The van der Waals surface area contributed by atoms with Crippen LogP contribution in [0.1, 0.15) is 16.7 Å². The van der Waals surface area contributed by atoms with Crippen molar-refractivity contribution < 1.29 is 28.2 Å². The highest BCUT2D eigenvalue weighted by molar-refractivity contribution is 7.99. The summed E-state index contributed by atoms with van der Waals surface area (Å²) < 4.78 is 38.9. The molecule has 0 fully saturated rings. The van der Waals surface area contributed by atoms with Crippen LogP contribution in [0.5, 0.6) is 0 Å². The van der Waals surface area contributed by atoms with Gasteiger partial charge in [-0.3, -0.25) is 0 Å². The van der Waals surface area contributed by atoms with Gasteiger partial charge in [-0.1, -0.05) is 29.4 Å². The molecule has 0 saturated heterocycles. The number of rotatable bonds is 5. The molecule has 0 saturated carbocycles. The Labute approximate surface area is 149 Å². The Morgan fingerprint density at radius 1 is 1.32 bits per heavy atom.